The molecule has 0 radical (unpaired) electrons. The number of nitrogens with zero attached hydrogens (tertiary/aromatic N) is 4. The Balaban J connectivity index is 0.00000529. The zero-order chi connectivity index (χ0) is 31.8. The van der Waals surface area contributed by atoms with E-state index < -0.39 is 53.5 Å². The summed E-state index contributed by atoms with van der Waals surface area (Å²) in [6, 6.07) is 1.38. The number of hydrogen-bond acceptors (Lipinski definition) is 8. The molecule has 1 amide bonds. The smallest absolute Gasteiger partial charge is 0.419 e. The first kappa shape index (κ1) is 34.9. The molecule has 4 rings (SSSR count). The molecule has 0 aliphatic rings. The van der Waals surface area contributed by atoms with Crippen LogP contribution in [0.2, 0.25) is 0 Å². The third-order valence-electron chi connectivity index (χ3n) is 7.04. The Kier molecular flexibility index (Phi) is 10.8. The number of esters is 1. The van der Waals surface area contributed by atoms with Crippen LogP contribution in [0.5, 0.6) is 0 Å². The van der Waals surface area contributed by atoms with E-state index in [0.29, 0.717) is 28.9 Å². The zero-order valence-corrected chi connectivity index (χ0v) is 26.3. The molecule has 2 N–H and O–H groups in total. The van der Waals surface area contributed by atoms with Gasteiger partial charge in [-0.2, -0.15) is 18.2 Å². The number of hydrogen-bond donors (Lipinski definition) is 1. The first-order valence-electron chi connectivity index (χ1n) is 12.9. The normalized spacial score (nSPS) is 13.5. The van der Waals surface area contributed by atoms with Crippen LogP contribution in [0.4, 0.5) is 17.6 Å². The molecule has 1 unspecified atom stereocenters. The number of fused-ring (bicyclic) bond motifs is 1. The van der Waals surface area contributed by atoms with Crippen molar-refractivity contribution in [1.29, 1.82) is 0 Å². The quantitative estimate of drug-likeness (QED) is 0.222. The van der Waals surface area contributed by atoms with Crippen molar-refractivity contribution in [3.05, 3.63) is 71.5 Å². The lowest BCUT2D eigenvalue weighted by Crippen LogP contribution is -2.38. The topological polar surface area (TPSA) is 131 Å². The fourth-order valence-corrected chi connectivity index (χ4v) is 6.19. The van der Waals surface area contributed by atoms with Crippen molar-refractivity contribution < 1.29 is 31.9 Å². The van der Waals surface area contributed by atoms with Crippen molar-refractivity contribution in [2.45, 2.75) is 45.6 Å². The lowest BCUT2D eigenvalue weighted by Gasteiger charge is -2.18. The summed E-state index contributed by atoms with van der Waals surface area (Å²) in [7, 11) is 2.83. The van der Waals surface area contributed by atoms with E-state index in [1.54, 1.807) is 12.3 Å². The van der Waals surface area contributed by atoms with Gasteiger partial charge in [0.2, 0.25) is 0 Å². The van der Waals surface area contributed by atoms with Crippen molar-refractivity contribution in [2.75, 3.05) is 0 Å². The van der Waals surface area contributed by atoms with Crippen molar-refractivity contribution in [3.63, 3.8) is 0 Å². The third kappa shape index (κ3) is 6.87. The summed E-state index contributed by atoms with van der Waals surface area (Å²) in [4.78, 5) is 55.2. The molecule has 2 atom stereocenters. The van der Waals surface area contributed by atoms with Crippen LogP contribution in [-0.4, -0.2) is 31.6 Å². The van der Waals surface area contributed by atoms with Gasteiger partial charge in [0.15, 0.2) is 11.5 Å². The molecule has 0 saturated heterocycles. The number of ether oxygens (including phenoxy) is 1. The first-order valence-corrected chi connectivity index (χ1v) is 14.6. The molecule has 0 aliphatic heterocycles. The number of carbonyl (C=O) groups excluding carboxylic acids is 2. The molecule has 3 aromatic heterocycles. The van der Waals surface area contributed by atoms with E-state index in [1.165, 1.54) is 28.6 Å². The average Bonchev–Trinajstić information content (AvgIpc) is 3.55. The molecular weight excluding hydrogens is 650 g/mol. The molecule has 0 fully saturated rings. The van der Waals surface area contributed by atoms with E-state index in [1.807, 2.05) is 6.92 Å². The number of rotatable bonds is 8. The average molecular weight is 678 g/mol. The molecule has 0 spiro atoms. The van der Waals surface area contributed by atoms with Crippen molar-refractivity contribution in [2.24, 2.45) is 30.7 Å². The first-order chi connectivity index (χ1) is 20.1. The largest absolute Gasteiger partial charge is 0.443 e. The standard InChI is InChI=1S/C27H27F4N5O5S2.ClH/c1-5-13(2)21(32)24(39)41-12-36-18(14-6-7-16(17(28)8-14)27(29,30)31)11-43-25(36)33-19(37)9-15-10-42-23-20(15)22(38)34(3)26(40)35(23)4;/h6-8,10-11,13,21H,5,9,12,32H2,1-4H3;1H/b33-25-;/t13?,21-;/m0./s1. The van der Waals surface area contributed by atoms with Crippen LogP contribution in [0.3, 0.4) is 0 Å². The number of nitrogens with two attached hydrogens (primary N) is 1. The highest BCUT2D eigenvalue weighted by atomic mass is 35.5. The summed E-state index contributed by atoms with van der Waals surface area (Å²) in [6.07, 6.45) is -4.61. The van der Waals surface area contributed by atoms with Crippen molar-refractivity contribution >= 4 is 57.2 Å². The third-order valence-corrected chi connectivity index (χ3v) is 9.01. The number of benzene rings is 1. The highest BCUT2D eigenvalue weighted by molar-refractivity contribution is 7.17. The van der Waals surface area contributed by atoms with Gasteiger partial charge in [0.05, 0.1) is 23.1 Å². The van der Waals surface area contributed by atoms with Crippen LogP contribution in [0, 0.1) is 11.7 Å². The lowest BCUT2D eigenvalue weighted by atomic mass is 10.0. The van der Waals surface area contributed by atoms with Gasteiger partial charge in [-0.05, 0) is 29.0 Å². The maximum absolute atomic E-state index is 14.4. The Hall–Kier alpha value is -3.60. The summed E-state index contributed by atoms with van der Waals surface area (Å²) in [5.41, 5.74) is 3.93. The molecule has 4 aromatic rings. The van der Waals surface area contributed by atoms with E-state index in [2.05, 4.69) is 4.99 Å². The Morgan fingerprint density at radius 1 is 1.11 bits per heavy atom. The van der Waals surface area contributed by atoms with Crippen LogP contribution >= 0.6 is 35.1 Å². The van der Waals surface area contributed by atoms with Gasteiger partial charge in [0.25, 0.3) is 11.5 Å². The number of alkyl halides is 3. The molecule has 0 saturated carbocycles. The van der Waals surface area contributed by atoms with Gasteiger partial charge in [0.1, 0.15) is 16.7 Å². The lowest BCUT2D eigenvalue weighted by molar-refractivity contribution is -0.150. The van der Waals surface area contributed by atoms with E-state index in [0.717, 1.165) is 33.3 Å². The summed E-state index contributed by atoms with van der Waals surface area (Å²) >= 11 is 2.03. The molecule has 1 aromatic carbocycles. The minimum Gasteiger partial charge on any atom is -0.443 e. The molecule has 17 heteroatoms. The number of halogens is 5. The summed E-state index contributed by atoms with van der Waals surface area (Å²) in [5.74, 6) is -3.16. The zero-order valence-electron chi connectivity index (χ0n) is 23.8. The predicted octanol–water partition coefficient (Wildman–Crippen LogP) is 3.95. The number of aryl methyl sites for hydroxylation is 1. The van der Waals surface area contributed by atoms with E-state index in [9.17, 15) is 36.7 Å². The van der Waals surface area contributed by atoms with Gasteiger partial charge in [-0.3, -0.25) is 28.1 Å². The van der Waals surface area contributed by atoms with Crippen molar-refractivity contribution in [1.82, 2.24) is 13.7 Å². The molecule has 3 heterocycles. The Bertz CT molecular complexity index is 1910. The second-order valence-electron chi connectivity index (χ2n) is 9.86. The fourth-order valence-electron chi connectivity index (χ4n) is 4.25. The summed E-state index contributed by atoms with van der Waals surface area (Å²) in [5, 5.41) is 3.21. The Morgan fingerprint density at radius 2 is 1.80 bits per heavy atom. The highest BCUT2D eigenvalue weighted by Crippen LogP contribution is 2.33. The van der Waals surface area contributed by atoms with Crippen LogP contribution in [0.15, 0.2) is 43.5 Å². The van der Waals surface area contributed by atoms with Gasteiger partial charge in [-0.25, -0.2) is 9.18 Å². The number of thiophene rings is 1. The SMILES string of the molecule is CCC(C)[C@H](N)C(=O)OCn1c(-c2ccc(C(F)(F)F)c(F)c2)cs/c1=N\C(=O)Cc1csc2c1c(=O)n(C)c(=O)n2C.Cl. The monoisotopic (exact) mass is 677 g/mol. The van der Waals surface area contributed by atoms with Crippen LogP contribution in [-0.2, 0) is 47.7 Å². The molecule has 0 aliphatic carbocycles. The van der Waals surface area contributed by atoms with E-state index in [-0.39, 0.29) is 46.2 Å². The van der Waals surface area contributed by atoms with Gasteiger partial charge in [-0.1, -0.05) is 26.3 Å². The van der Waals surface area contributed by atoms with Crippen LogP contribution in [0.1, 0.15) is 31.4 Å². The second kappa shape index (κ2) is 13.6. The molecule has 10 nitrogen and oxygen atoms in total. The maximum Gasteiger partial charge on any atom is 0.419 e. The second-order valence-corrected chi connectivity index (χ2v) is 11.6. The fraction of sp³-hybridized carbons (Fsp3) is 0.370. The highest BCUT2D eigenvalue weighted by Gasteiger charge is 2.34. The van der Waals surface area contributed by atoms with E-state index >= 15 is 0 Å². The van der Waals surface area contributed by atoms with Gasteiger partial charge >= 0.3 is 17.8 Å². The number of aromatic nitrogens is 3. The molecule has 238 valence electrons. The number of carbonyl (C=O) groups is 2. The van der Waals surface area contributed by atoms with Gasteiger partial charge in [0, 0.05) is 25.0 Å². The summed E-state index contributed by atoms with van der Waals surface area (Å²) in [6.45, 7) is 3.09. The Labute approximate surface area is 261 Å². The minimum atomic E-state index is -4.90. The van der Waals surface area contributed by atoms with Gasteiger partial charge in [-0.15, -0.1) is 35.1 Å². The van der Waals surface area contributed by atoms with Crippen LogP contribution in [0.25, 0.3) is 21.5 Å². The molecular formula is C27H28ClF4N5O5S2. The number of amides is 1. The Morgan fingerprint density at radius 3 is 2.41 bits per heavy atom. The molecule has 0 bridgehead atoms. The number of thiazole rings is 1. The minimum absolute atomic E-state index is 0. The van der Waals surface area contributed by atoms with Crippen LogP contribution < -0.4 is 21.8 Å². The predicted molar refractivity (Wildman–Crippen MR) is 160 cm³/mol. The summed E-state index contributed by atoms with van der Waals surface area (Å²) < 4.78 is 62.7. The molecule has 44 heavy (non-hydrogen) atoms. The maximum atomic E-state index is 14.4. The van der Waals surface area contributed by atoms with E-state index in [4.69, 9.17) is 10.5 Å². The van der Waals surface area contributed by atoms with Crippen molar-refractivity contribution in [3.8, 4) is 11.3 Å². The van der Waals surface area contributed by atoms with Gasteiger partial charge < -0.3 is 10.5 Å².